The number of aliphatic hydroxyl groups is 1. The van der Waals surface area contributed by atoms with Crippen LogP contribution in [0.2, 0.25) is 0 Å². The van der Waals surface area contributed by atoms with E-state index in [1.807, 2.05) is 20.8 Å². The molecule has 3 heterocycles. The van der Waals surface area contributed by atoms with Crippen molar-refractivity contribution in [1.29, 1.82) is 0 Å². The fourth-order valence-corrected chi connectivity index (χ4v) is 6.82. The van der Waals surface area contributed by atoms with Gasteiger partial charge < -0.3 is 29.1 Å². The largest absolute Gasteiger partial charge is 0.497 e. The minimum absolute atomic E-state index is 0.114. The lowest BCUT2D eigenvalue weighted by Crippen LogP contribution is -2.59. The van der Waals surface area contributed by atoms with Gasteiger partial charge in [-0.3, -0.25) is 14.4 Å². The van der Waals surface area contributed by atoms with Crippen molar-refractivity contribution < 1.29 is 33.7 Å². The van der Waals surface area contributed by atoms with Gasteiger partial charge in [-0.25, -0.2) is 0 Å². The van der Waals surface area contributed by atoms with Crippen LogP contribution in [0, 0.1) is 17.8 Å². The highest BCUT2D eigenvalue weighted by atomic mass is 16.6. The summed E-state index contributed by atoms with van der Waals surface area (Å²) in [5, 5.41) is 10.3. The van der Waals surface area contributed by atoms with Crippen LogP contribution >= 0.6 is 0 Å². The molecule has 1 aromatic rings. The monoisotopic (exact) mass is 540 g/mol. The van der Waals surface area contributed by atoms with Crippen molar-refractivity contribution >= 4 is 23.5 Å². The Kier molecular flexibility index (Phi) is 8.23. The second-order valence-electron chi connectivity index (χ2n) is 10.9. The molecule has 0 aliphatic carbocycles. The van der Waals surface area contributed by atoms with E-state index in [0.29, 0.717) is 30.7 Å². The van der Waals surface area contributed by atoms with E-state index in [9.17, 15) is 19.5 Å². The average Bonchev–Trinajstić information content (AvgIpc) is 3.45. The summed E-state index contributed by atoms with van der Waals surface area (Å²) in [5.41, 5.74) is -1.60. The average molecular weight is 541 g/mol. The molecular formula is C30H40N2O7. The molecule has 3 unspecified atom stereocenters. The van der Waals surface area contributed by atoms with E-state index in [1.165, 1.54) is 4.90 Å². The number of fused-ring (bicyclic) bond motifs is 1. The predicted octanol–water partition coefficient (Wildman–Crippen LogP) is 3.12. The third kappa shape index (κ3) is 4.45. The van der Waals surface area contributed by atoms with Crippen molar-refractivity contribution in [2.75, 3.05) is 31.8 Å². The number of carbonyl (C=O) groups is 3. The molecule has 4 rings (SSSR count). The number of carbonyl (C=O) groups excluding carboxylic acids is 3. The lowest BCUT2D eigenvalue weighted by molar-refractivity contribution is -0.162. The zero-order valence-corrected chi connectivity index (χ0v) is 23.3. The van der Waals surface area contributed by atoms with Crippen molar-refractivity contribution in [3.05, 3.63) is 49.6 Å². The topological polar surface area (TPSA) is 106 Å². The number of rotatable bonds is 12. The molecule has 39 heavy (non-hydrogen) atoms. The number of hydrogen-bond acceptors (Lipinski definition) is 7. The molecule has 0 saturated carbocycles. The molecule has 2 amide bonds. The van der Waals surface area contributed by atoms with Crippen LogP contribution in [-0.2, 0) is 23.9 Å². The van der Waals surface area contributed by atoms with Crippen molar-refractivity contribution in [2.24, 2.45) is 17.8 Å². The molecule has 1 N–H and O–H groups in total. The summed E-state index contributed by atoms with van der Waals surface area (Å²) in [7, 11) is 1.57. The Morgan fingerprint density at radius 2 is 1.97 bits per heavy atom. The number of benzene rings is 1. The fourth-order valence-electron chi connectivity index (χ4n) is 6.82. The molecule has 3 saturated heterocycles. The number of likely N-dealkylation sites (tertiary alicyclic amines) is 1. The summed E-state index contributed by atoms with van der Waals surface area (Å²) in [6.45, 7) is 13.2. The van der Waals surface area contributed by atoms with Crippen molar-refractivity contribution in [2.45, 2.75) is 63.3 Å². The van der Waals surface area contributed by atoms with Crippen molar-refractivity contribution in [1.82, 2.24) is 4.90 Å². The van der Waals surface area contributed by atoms with Crippen LogP contribution in [0.3, 0.4) is 0 Å². The van der Waals surface area contributed by atoms with Gasteiger partial charge in [-0.15, -0.1) is 13.2 Å². The lowest BCUT2D eigenvalue weighted by Gasteiger charge is -2.39. The van der Waals surface area contributed by atoms with E-state index in [0.717, 1.165) is 0 Å². The fraction of sp³-hybridized carbons (Fsp3) is 0.567. The third-order valence-corrected chi connectivity index (χ3v) is 8.84. The van der Waals surface area contributed by atoms with Gasteiger partial charge >= 0.3 is 5.97 Å². The van der Waals surface area contributed by atoms with Crippen LogP contribution in [0.15, 0.2) is 49.6 Å². The molecular weight excluding hydrogens is 500 g/mol. The molecule has 2 bridgehead atoms. The highest BCUT2D eigenvalue weighted by Gasteiger charge is 2.80. The molecule has 9 nitrogen and oxygen atoms in total. The quantitative estimate of drug-likeness (QED) is 0.247. The highest BCUT2D eigenvalue weighted by molar-refractivity contribution is 6.05. The van der Waals surface area contributed by atoms with Gasteiger partial charge in [0.05, 0.1) is 37.9 Å². The molecule has 0 aromatic heterocycles. The summed E-state index contributed by atoms with van der Waals surface area (Å²) >= 11 is 0. The second kappa shape index (κ2) is 11.1. The number of hydrogen-bond donors (Lipinski definition) is 1. The van der Waals surface area contributed by atoms with Crippen LogP contribution in [-0.4, -0.2) is 77.9 Å². The summed E-state index contributed by atoms with van der Waals surface area (Å²) in [4.78, 5) is 45.3. The number of methoxy groups -OCH3 is 1. The molecule has 1 aromatic carbocycles. The van der Waals surface area contributed by atoms with E-state index in [-0.39, 0.29) is 37.5 Å². The number of aliphatic hydroxyl groups excluding tert-OH is 1. The van der Waals surface area contributed by atoms with Crippen LogP contribution in [0.4, 0.5) is 5.69 Å². The number of amides is 2. The van der Waals surface area contributed by atoms with E-state index >= 15 is 0 Å². The Labute approximate surface area is 230 Å². The summed E-state index contributed by atoms with van der Waals surface area (Å²) < 4.78 is 17.6. The molecule has 9 heteroatoms. The minimum Gasteiger partial charge on any atom is -0.497 e. The van der Waals surface area contributed by atoms with Crippen molar-refractivity contribution in [3.63, 3.8) is 0 Å². The maximum Gasteiger partial charge on any atom is 0.312 e. The summed E-state index contributed by atoms with van der Waals surface area (Å²) in [6.07, 6.45) is 4.63. The first-order valence-electron chi connectivity index (χ1n) is 13.6. The van der Waals surface area contributed by atoms with Crippen molar-refractivity contribution in [3.8, 4) is 5.75 Å². The molecule has 212 valence electrons. The van der Waals surface area contributed by atoms with Crippen LogP contribution in [0.25, 0.3) is 0 Å². The van der Waals surface area contributed by atoms with E-state index in [1.54, 1.807) is 48.4 Å². The van der Waals surface area contributed by atoms with Gasteiger partial charge in [0.2, 0.25) is 5.91 Å². The summed E-state index contributed by atoms with van der Waals surface area (Å²) in [6, 6.07) is 5.42. The third-order valence-electron chi connectivity index (χ3n) is 8.84. The Balaban J connectivity index is 1.82. The molecule has 7 atom stereocenters. The number of anilines is 1. The Morgan fingerprint density at radius 1 is 1.28 bits per heavy atom. The molecule has 3 aliphatic heterocycles. The SMILES string of the molecule is C=CCCOC(=O)[C@@H]1[C@H]2C(=O)N([C@@H](CC)CO)C(C(=O)N(CC=C)c3ccc(OC)cc3)C23CC(C)[C@@]1(C)O3. The molecule has 3 fully saturated rings. The second-order valence-corrected chi connectivity index (χ2v) is 10.9. The maximum absolute atomic E-state index is 14.6. The normalized spacial score (nSPS) is 31.5. The van der Waals surface area contributed by atoms with Gasteiger partial charge in [0.1, 0.15) is 23.3 Å². The number of esters is 1. The zero-order chi connectivity index (χ0) is 28.5. The predicted molar refractivity (Wildman–Crippen MR) is 146 cm³/mol. The van der Waals surface area contributed by atoms with Gasteiger partial charge in [0.15, 0.2) is 0 Å². The van der Waals surface area contributed by atoms with E-state index in [2.05, 4.69) is 13.2 Å². The van der Waals surface area contributed by atoms with Gasteiger partial charge in [0.25, 0.3) is 5.91 Å². The first-order valence-corrected chi connectivity index (χ1v) is 13.6. The maximum atomic E-state index is 14.6. The van der Waals surface area contributed by atoms with Gasteiger partial charge in [-0.1, -0.05) is 26.0 Å². The highest BCUT2D eigenvalue weighted by Crippen LogP contribution is 2.65. The van der Waals surface area contributed by atoms with E-state index < -0.39 is 41.1 Å². The van der Waals surface area contributed by atoms with Gasteiger partial charge in [-0.2, -0.15) is 0 Å². The van der Waals surface area contributed by atoms with Gasteiger partial charge in [-0.05, 0) is 56.4 Å². The standard InChI is InChI=1S/C30H40N2O7/c1-7-10-16-38-28(36)24-23-26(34)32(20(9-3)18-33)25(30(23)17-19(4)29(24,5)39-30)27(35)31(15-8-2)21-11-13-22(37-6)14-12-21/h7-8,11-14,19-20,23-25,33H,1-2,9-10,15-18H2,3-6H3/t19?,20-,23-,24-,25?,29+,30?/m0/s1. The van der Waals surface area contributed by atoms with Crippen LogP contribution < -0.4 is 9.64 Å². The summed E-state index contributed by atoms with van der Waals surface area (Å²) in [5.74, 6) is -2.45. The number of nitrogens with zero attached hydrogens (tertiary/aromatic N) is 2. The molecule has 1 spiro atoms. The first kappa shape index (κ1) is 28.8. The van der Waals surface area contributed by atoms with Gasteiger partial charge in [0, 0.05) is 12.2 Å². The smallest absolute Gasteiger partial charge is 0.312 e. The zero-order valence-electron chi connectivity index (χ0n) is 23.3. The Bertz CT molecular complexity index is 1120. The van der Waals surface area contributed by atoms with Crippen LogP contribution in [0.5, 0.6) is 5.75 Å². The lowest BCUT2D eigenvalue weighted by atomic mass is 9.62. The molecule has 3 aliphatic rings. The van der Waals surface area contributed by atoms with E-state index in [4.69, 9.17) is 14.2 Å². The Hall–Kier alpha value is -3.17. The minimum atomic E-state index is -1.24. The Morgan fingerprint density at radius 3 is 2.54 bits per heavy atom. The first-order chi connectivity index (χ1) is 18.6. The number of ether oxygens (including phenoxy) is 3. The van der Waals surface area contributed by atoms with Crippen LogP contribution in [0.1, 0.15) is 40.0 Å². The molecule has 0 radical (unpaired) electrons.